The first kappa shape index (κ1) is 12.8. The minimum Gasteiger partial charge on any atom is -0.365 e. The summed E-state index contributed by atoms with van der Waals surface area (Å²) in [4.78, 5) is 6.19. The van der Waals surface area contributed by atoms with Gasteiger partial charge in [0.05, 0.1) is 5.56 Å². The Labute approximate surface area is 101 Å². The van der Waals surface area contributed by atoms with Gasteiger partial charge in [-0.1, -0.05) is 11.6 Å². The van der Waals surface area contributed by atoms with Crippen molar-refractivity contribution >= 4 is 17.4 Å². The number of halogens is 1. The van der Waals surface area contributed by atoms with Crippen LogP contribution >= 0.6 is 11.6 Å². The lowest BCUT2D eigenvalue weighted by Gasteiger charge is -2.19. The van der Waals surface area contributed by atoms with E-state index >= 15 is 0 Å². The Morgan fingerprint density at radius 1 is 1.62 bits per heavy atom. The summed E-state index contributed by atoms with van der Waals surface area (Å²) in [6.07, 6.45) is 1.58. The Kier molecular flexibility index (Phi) is 4.53. The van der Waals surface area contributed by atoms with Crippen molar-refractivity contribution in [3.63, 3.8) is 0 Å². The number of likely N-dealkylation sites (N-methyl/N-ethyl adjacent to an activating group) is 1. The molecule has 0 saturated carbocycles. The summed E-state index contributed by atoms with van der Waals surface area (Å²) in [6.45, 7) is 2.91. The van der Waals surface area contributed by atoms with Gasteiger partial charge < -0.3 is 10.2 Å². The normalized spacial score (nSPS) is 12.2. The van der Waals surface area contributed by atoms with Crippen molar-refractivity contribution in [3.05, 3.63) is 22.8 Å². The van der Waals surface area contributed by atoms with Crippen LogP contribution in [0.2, 0.25) is 5.02 Å². The summed E-state index contributed by atoms with van der Waals surface area (Å²) in [6, 6.07) is 3.85. The molecular weight excluding hydrogens is 224 g/mol. The largest absolute Gasteiger partial charge is 0.365 e. The van der Waals surface area contributed by atoms with Gasteiger partial charge in [-0.15, -0.1) is 0 Å². The Morgan fingerprint density at radius 3 is 2.88 bits per heavy atom. The average molecular weight is 239 g/mol. The molecule has 1 N–H and O–H groups in total. The predicted molar refractivity (Wildman–Crippen MR) is 65.6 cm³/mol. The van der Waals surface area contributed by atoms with Crippen LogP contribution in [0.1, 0.15) is 12.5 Å². The third-order valence-corrected chi connectivity index (χ3v) is 2.41. The lowest BCUT2D eigenvalue weighted by molar-refractivity contribution is 0.392. The van der Waals surface area contributed by atoms with Gasteiger partial charge in [0.15, 0.2) is 0 Å². The molecule has 5 heteroatoms. The van der Waals surface area contributed by atoms with Crippen LogP contribution in [0.4, 0.5) is 5.82 Å². The minimum atomic E-state index is 0.217. The minimum absolute atomic E-state index is 0.217. The highest BCUT2D eigenvalue weighted by atomic mass is 35.5. The molecule has 4 nitrogen and oxygen atoms in total. The van der Waals surface area contributed by atoms with Crippen molar-refractivity contribution in [2.24, 2.45) is 0 Å². The van der Waals surface area contributed by atoms with E-state index < -0.39 is 0 Å². The molecule has 86 valence electrons. The lowest BCUT2D eigenvalue weighted by atomic mass is 10.2. The van der Waals surface area contributed by atoms with Gasteiger partial charge in [-0.05, 0) is 27.1 Å². The highest BCUT2D eigenvalue weighted by Gasteiger charge is 2.10. The summed E-state index contributed by atoms with van der Waals surface area (Å²) in [5, 5.41) is 12.4. The first-order valence-corrected chi connectivity index (χ1v) is 5.38. The molecule has 0 aliphatic rings. The van der Waals surface area contributed by atoms with Crippen molar-refractivity contribution in [1.29, 1.82) is 5.26 Å². The van der Waals surface area contributed by atoms with Crippen molar-refractivity contribution in [3.8, 4) is 6.07 Å². The monoisotopic (exact) mass is 238 g/mol. The van der Waals surface area contributed by atoms with E-state index in [0.29, 0.717) is 16.4 Å². The van der Waals surface area contributed by atoms with Crippen molar-refractivity contribution in [1.82, 2.24) is 9.88 Å². The fourth-order valence-corrected chi connectivity index (χ4v) is 1.67. The Hall–Kier alpha value is -1.31. The molecule has 0 bridgehead atoms. The first-order valence-electron chi connectivity index (χ1n) is 5.00. The first-order chi connectivity index (χ1) is 7.54. The maximum atomic E-state index is 8.82. The number of anilines is 1. The van der Waals surface area contributed by atoms with Crippen LogP contribution in [0.25, 0.3) is 0 Å². The molecule has 0 amide bonds. The van der Waals surface area contributed by atoms with Crippen LogP contribution in [0.3, 0.4) is 0 Å². The average Bonchev–Trinajstić information content (AvgIpc) is 2.20. The Bertz CT molecular complexity index is 397. The molecule has 1 aromatic rings. The molecule has 0 fully saturated rings. The fraction of sp³-hybridized carbons (Fsp3) is 0.455. The maximum Gasteiger partial charge on any atom is 0.146 e. The lowest BCUT2D eigenvalue weighted by Crippen LogP contribution is -2.30. The predicted octanol–water partition coefficient (Wildman–Crippen LogP) is 1.97. The van der Waals surface area contributed by atoms with Gasteiger partial charge >= 0.3 is 0 Å². The molecular formula is C11H15ClN4. The Balaban J connectivity index is 2.78. The zero-order valence-electron chi connectivity index (χ0n) is 9.66. The van der Waals surface area contributed by atoms with Gasteiger partial charge in [0.1, 0.15) is 16.9 Å². The molecule has 1 rings (SSSR count). The molecule has 0 aliphatic carbocycles. The third kappa shape index (κ3) is 3.37. The molecule has 0 saturated heterocycles. The molecule has 1 heterocycles. The fourth-order valence-electron chi connectivity index (χ4n) is 1.46. The SMILES string of the molecule is CC(CN(C)C)Nc1nccc(C#N)c1Cl. The molecule has 0 spiro atoms. The smallest absolute Gasteiger partial charge is 0.146 e. The Morgan fingerprint density at radius 2 is 2.31 bits per heavy atom. The molecule has 0 radical (unpaired) electrons. The molecule has 16 heavy (non-hydrogen) atoms. The van der Waals surface area contributed by atoms with E-state index in [1.54, 1.807) is 12.3 Å². The summed E-state index contributed by atoms with van der Waals surface area (Å²) in [5.41, 5.74) is 0.441. The second kappa shape index (κ2) is 5.69. The van der Waals surface area contributed by atoms with E-state index in [4.69, 9.17) is 16.9 Å². The van der Waals surface area contributed by atoms with Gasteiger partial charge in [-0.25, -0.2) is 4.98 Å². The molecule has 0 aromatic carbocycles. The topological polar surface area (TPSA) is 52.0 Å². The van der Waals surface area contributed by atoms with E-state index in [9.17, 15) is 0 Å². The second-order valence-corrected chi connectivity index (χ2v) is 4.32. The molecule has 1 unspecified atom stereocenters. The molecule has 1 aromatic heterocycles. The van der Waals surface area contributed by atoms with Crippen LogP contribution < -0.4 is 5.32 Å². The van der Waals surface area contributed by atoms with Gasteiger partial charge in [-0.2, -0.15) is 5.26 Å². The van der Waals surface area contributed by atoms with E-state index in [1.165, 1.54) is 0 Å². The highest BCUT2D eigenvalue weighted by Crippen LogP contribution is 2.23. The van der Waals surface area contributed by atoms with Gasteiger partial charge in [0.25, 0.3) is 0 Å². The maximum absolute atomic E-state index is 8.82. The molecule has 0 aliphatic heterocycles. The quantitative estimate of drug-likeness (QED) is 0.872. The van der Waals surface area contributed by atoms with Crippen molar-refractivity contribution in [2.75, 3.05) is 26.0 Å². The standard InChI is InChI=1S/C11H15ClN4/c1-8(7-16(2)3)15-11-10(12)9(6-13)4-5-14-11/h4-5,8H,7H2,1-3H3,(H,14,15). The van der Waals surface area contributed by atoms with E-state index in [0.717, 1.165) is 6.54 Å². The van der Waals surface area contributed by atoms with Gasteiger partial charge in [0.2, 0.25) is 0 Å². The number of hydrogen-bond acceptors (Lipinski definition) is 4. The number of aromatic nitrogens is 1. The van der Waals surface area contributed by atoms with Crippen molar-refractivity contribution < 1.29 is 0 Å². The third-order valence-electron chi connectivity index (χ3n) is 2.03. The number of nitriles is 1. The van der Waals surface area contributed by atoms with Crippen LogP contribution in [-0.2, 0) is 0 Å². The zero-order valence-corrected chi connectivity index (χ0v) is 10.4. The summed E-state index contributed by atoms with van der Waals surface area (Å²) >= 11 is 6.03. The van der Waals surface area contributed by atoms with E-state index in [-0.39, 0.29) is 6.04 Å². The van der Waals surface area contributed by atoms with Crippen LogP contribution in [0.5, 0.6) is 0 Å². The second-order valence-electron chi connectivity index (χ2n) is 3.94. The summed E-state index contributed by atoms with van der Waals surface area (Å²) < 4.78 is 0. The number of hydrogen-bond donors (Lipinski definition) is 1. The van der Waals surface area contributed by atoms with Gasteiger partial charge in [0, 0.05) is 18.8 Å². The van der Waals surface area contributed by atoms with E-state index in [1.807, 2.05) is 27.1 Å². The van der Waals surface area contributed by atoms with Crippen LogP contribution in [0, 0.1) is 11.3 Å². The highest BCUT2D eigenvalue weighted by molar-refractivity contribution is 6.34. The summed E-state index contributed by atoms with van der Waals surface area (Å²) in [5.74, 6) is 0.565. The zero-order chi connectivity index (χ0) is 12.1. The number of pyridine rings is 1. The summed E-state index contributed by atoms with van der Waals surface area (Å²) in [7, 11) is 4.00. The van der Waals surface area contributed by atoms with Crippen molar-refractivity contribution in [2.45, 2.75) is 13.0 Å². The number of nitrogens with zero attached hydrogens (tertiary/aromatic N) is 3. The van der Waals surface area contributed by atoms with Gasteiger partial charge in [-0.3, -0.25) is 0 Å². The number of rotatable bonds is 4. The van der Waals surface area contributed by atoms with Crippen LogP contribution in [0.15, 0.2) is 12.3 Å². The molecule has 1 atom stereocenters. The number of nitrogens with one attached hydrogen (secondary N) is 1. The van der Waals surface area contributed by atoms with E-state index in [2.05, 4.69) is 15.2 Å². The van der Waals surface area contributed by atoms with Crippen LogP contribution in [-0.4, -0.2) is 36.6 Å².